The first-order valence-corrected chi connectivity index (χ1v) is 10.2. The van der Waals surface area contributed by atoms with E-state index >= 15 is 0 Å². The number of piperidine rings is 1. The fourth-order valence-corrected chi connectivity index (χ4v) is 4.62. The number of urea groups is 1. The topological polar surface area (TPSA) is 53.1 Å². The maximum Gasteiger partial charge on any atom is 0.326 e. The zero-order valence-corrected chi connectivity index (χ0v) is 16.3. The summed E-state index contributed by atoms with van der Waals surface area (Å²) in [6.07, 6.45) is 3.34. The highest BCUT2D eigenvalue weighted by atomic mass is 19.1. The van der Waals surface area contributed by atoms with E-state index in [4.69, 9.17) is 4.74 Å². The highest BCUT2D eigenvalue weighted by Gasteiger charge is 2.36. The Morgan fingerprint density at radius 2 is 1.82 bits per heavy atom. The lowest BCUT2D eigenvalue weighted by Gasteiger charge is -2.42. The number of rotatable bonds is 4. The lowest BCUT2D eigenvalue weighted by Crippen LogP contribution is -2.56. The van der Waals surface area contributed by atoms with Crippen molar-refractivity contribution in [2.75, 3.05) is 39.8 Å². The molecule has 152 valence electrons. The van der Waals surface area contributed by atoms with Crippen molar-refractivity contribution < 1.29 is 18.7 Å². The Kier molecular flexibility index (Phi) is 5.64. The third-order valence-corrected chi connectivity index (χ3v) is 6.31. The van der Waals surface area contributed by atoms with Crippen molar-refractivity contribution in [3.8, 4) is 0 Å². The molecular formula is C21H28FN3O3. The fourth-order valence-electron chi connectivity index (χ4n) is 4.62. The minimum absolute atomic E-state index is 0.0576. The molecule has 0 aromatic heterocycles. The highest BCUT2D eigenvalue weighted by Crippen LogP contribution is 2.33. The first kappa shape index (κ1) is 19.3. The Morgan fingerprint density at radius 3 is 2.54 bits per heavy atom. The molecular weight excluding hydrogens is 361 g/mol. The van der Waals surface area contributed by atoms with Crippen LogP contribution in [0.1, 0.15) is 37.4 Å². The van der Waals surface area contributed by atoms with Crippen molar-refractivity contribution in [2.45, 2.75) is 37.8 Å². The molecule has 28 heavy (non-hydrogen) atoms. The summed E-state index contributed by atoms with van der Waals surface area (Å²) >= 11 is 0. The number of amides is 3. The number of ether oxygens (including phenoxy) is 1. The van der Waals surface area contributed by atoms with Crippen molar-refractivity contribution in [1.29, 1.82) is 0 Å². The van der Waals surface area contributed by atoms with E-state index in [2.05, 4.69) is 4.90 Å². The largest absolute Gasteiger partial charge is 0.373 e. The summed E-state index contributed by atoms with van der Waals surface area (Å²) in [6.45, 7) is 4.20. The van der Waals surface area contributed by atoms with Gasteiger partial charge in [-0.2, -0.15) is 0 Å². The summed E-state index contributed by atoms with van der Waals surface area (Å²) < 4.78 is 19.0. The number of hydrogen-bond acceptors (Lipinski definition) is 4. The van der Waals surface area contributed by atoms with Gasteiger partial charge in [0.25, 0.3) is 0 Å². The van der Waals surface area contributed by atoms with Crippen LogP contribution in [0.4, 0.5) is 9.18 Å². The van der Waals surface area contributed by atoms with Gasteiger partial charge in [-0.05, 0) is 42.9 Å². The van der Waals surface area contributed by atoms with Crippen LogP contribution in [0.3, 0.4) is 0 Å². The van der Waals surface area contributed by atoms with Gasteiger partial charge in [-0.3, -0.25) is 9.69 Å². The van der Waals surface area contributed by atoms with Gasteiger partial charge in [0.05, 0.1) is 12.7 Å². The van der Waals surface area contributed by atoms with Crippen molar-refractivity contribution in [1.82, 2.24) is 14.7 Å². The molecule has 3 heterocycles. The molecule has 0 aliphatic carbocycles. The third kappa shape index (κ3) is 4.05. The summed E-state index contributed by atoms with van der Waals surface area (Å²) in [5, 5.41) is 0. The first-order chi connectivity index (χ1) is 13.5. The summed E-state index contributed by atoms with van der Waals surface area (Å²) in [5.74, 6) is 0.173. The van der Waals surface area contributed by atoms with Crippen LogP contribution in [-0.2, 0) is 9.53 Å². The van der Waals surface area contributed by atoms with E-state index in [9.17, 15) is 14.0 Å². The van der Waals surface area contributed by atoms with Gasteiger partial charge in [-0.25, -0.2) is 9.18 Å². The van der Waals surface area contributed by atoms with E-state index in [1.165, 1.54) is 17.0 Å². The molecule has 1 aromatic carbocycles. The Labute approximate surface area is 165 Å². The van der Waals surface area contributed by atoms with Gasteiger partial charge in [0.1, 0.15) is 5.82 Å². The van der Waals surface area contributed by atoms with Crippen LogP contribution >= 0.6 is 0 Å². The number of halogens is 1. The number of carbonyl (C=O) groups is 2. The van der Waals surface area contributed by atoms with Gasteiger partial charge in [-0.15, -0.1) is 0 Å². The van der Waals surface area contributed by atoms with Crippen molar-refractivity contribution in [2.24, 2.45) is 5.92 Å². The number of likely N-dealkylation sites (tertiary alicyclic amines) is 1. The van der Waals surface area contributed by atoms with Crippen molar-refractivity contribution in [3.05, 3.63) is 35.6 Å². The van der Waals surface area contributed by atoms with Gasteiger partial charge in [-0.1, -0.05) is 12.1 Å². The minimum atomic E-state index is -0.219. The standard InChI is InChI=1S/C21H28FN3O3/c1-23-20(26)8-11-25(21(23)27)18-6-9-24(10-7-18)13-15-12-19(28-14-15)16-2-4-17(22)5-3-16/h2-5,15,18-19H,6-14H2,1H3. The number of carbonyl (C=O) groups excluding carboxylic acids is 2. The maximum absolute atomic E-state index is 13.1. The lowest BCUT2D eigenvalue weighted by atomic mass is 9.97. The van der Waals surface area contributed by atoms with E-state index < -0.39 is 0 Å². The maximum atomic E-state index is 13.1. The normalized spacial score (nSPS) is 27.6. The zero-order chi connectivity index (χ0) is 19.7. The fraction of sp³-hybridized carbons (Fsp3) is 0.619. The molecule has 3 aliphatic rings. The van der Waals surface area contributed by atoms with Gasteiger partial charge >= 0.3 is 6.03 Å². The van der Waals surface area contributed by atoms with Crippen LogP contribution in [0.2, 0.25) is 0 Å². The van der Waals surface area contributed by atoms with E-state index in [0.717, 1.165) is 51.1 Å². The van der Waals surface area contributed by atoms with Gasteiger partial charge in [0, 0.05) is 45.7 Å². The Morgan fingerprint density at radius 1 is 1.11 bits per heavy atom. The highest BCUT2D eigenvalue weighted by molar-refractivity contribution is 5.96. The van der Waals surface area contributed by atoms with Crippen LogP contribution in [0.15, 0.2) is 24.3 Å². The van der Waals surface area contributed by atoms with Crippen LogP contribution in [-0.4, -0.2) is 72.5 Å². The second kappa shape index (κ2) is 8.17. The average Bonchev–Trinajstić information content (AvgIpc) is 3.16. The number of imide groups is 1. The molecule has 3 fully saturated rings. The van der Waals surface area contributed by atoms with E-state index in [0.29, 0.717) is 18.9 Å². The molecule has 0 spiro atoms. The van der Waals surface area contributed by atoms with E-state index in [1.807, 2.05) is 17.0 Å². The zero-order valence-electron chi connectivity index (χ0n) is 16.3. The average molecular weight is 389 g/mol. The van der Waals surface area contributed by atoms with Crippen LogP contribution in [0, 0.1) is 11.7 Å². The van der Waals surface area contributed by atoms with Crippen molar-refractivity contribution >= 4 is 11.9 Å². The minimum Gasteiger partial charge on any atom is -0.373 e. The molecule has 2 atom stereocenters. The van der Waals surface area contributed by atoms with E-state index in [-0.39, 0.29) is 29.9 Å². The molecule has 4 rings (SSSR count). The summed E-state index contributed by atoms with van der Waals surface area (Å²) in [6, 6.07) is 6.68. The molecule has 3 saturated heterocycles. The molecule has 3 amide bonds. The number of benzene rings is 1. The summed E-state index contributed by atoms with van der Waals surface area (Å²) in [5.41, 5.74) is 1.05. The second-order valence-electron chi connectivity index (χ2n) is 8.19. The Balaban J connectivity index is 1.24. The van der Waals surface area contributed by atoms with E-state index in [1.54, 1.807) is 7.05 Å². The van der Waals surface area contributed by atoms with Crippen molar-refractivity contribution in [3.63, 3.8) is 0 Å². The molecule has 0 N–H and O–H groups in total. The molecule has 0 radical (unpaired) electrons. The smallest absolute Gasteiger partial charge is 0.326 e. The molecule has 1 aromatic rings. The number of hydrogen-bond donors (Lipinski definition) is 0. The molecule has 2 unspecified atom stereocenters. The van der Waals surface area contributed by atoms with Gasteiger partial charge < -0.3 is 14.5 Å². The third-order valence-electron chi connectivity index (χ3n) is 6.31. The monoisotopic (exact) mass is 389 g/mol. The SMILES string of the molecule is CN1C(=O)CCN(C2CCN(CC3COC(c4ccc(F)cc4)C3)CC2)C1=O. The molecule has 6 nitrogen and oxygen atoms in total. The molecule has 7 heteroatoms. The molecule has 0 saturated carbocycles. The first-order valence-electron chi connectivity index (χ1n) is 10.2. The second-order valence-corrected chi connectivity index (χ2v) is 8.19. The predicted molar refractivity (Wildman–Crippen MR) is 102 cm³/mol. The molecule has 0 bridgehead atoms. The Hall–Kier alpha value is -1.99. The van der Waals surface area contributed by atoms with Gasteiger partial charge in [0.15, 0.2) is 0 Å². The summed E-state index contributed by atoms with van der Waals surface area (Å²) in [4.78, 5) is 29.6. The van der Waals surface area contributed by atoms with Crippen LogP contribution < -0.4 is 0 Å². The Bertz CT molecular complexity index is 718. The van der Waals surface area contributed by atoms with Crippen LogP contribution in [0.5, 0.6) is 0 Å². The molecule has 3 aliphatic heterocycles. The quantitative estimate of drug-likeness (QED) is 0.795. The predicted octanol–water partition coefficient (Wildman–Crippen LogP) is 2.65. The lowest BCUT2D eigenvalue weighted by molar-refractivity contribution is -0.130. The summed E-state index contributed by atoms with van der Waals surface area (Å²) in [7, 11) is 1.57. The van der Waals surface area contributed by atoms with Gasteiger partial charge in [0.2, 0.25) is 5.91 Å². The number of nitrogens with zero attached hydrogens (tertiary/aromatic N) is 3. The van der Waals surface area contributed by atoms with Crippen LogP contribution in [0.25, 0.3) is 0 Å².